The van der Waals surface area contributed by atoms with Gasteiger partial charge in [0.1, 0.15) is 5.75 Å². The normalized spacial score (nSPS) is 22.8. The maximum absolute atomic E-state index is 12.6. The summed E-state index contributed by atoms with van der Waals surface area (Å²) in [7, 11) is -1.26. The minimum atomic E-state index is -1.26. The zero-order valence-corrected chi connectivity index (χ0v) is 13.6. The molecule has 0 amide bonds. The largest absolute Gasteiger partial charge is 0.493 e. The number of aliphatic hydroxyl groups is 1. The Bertz CT molecular complexity index is 660. The smallest absolute Gasteiger partial charge is 0.125 e. The molecule has 3 nitrogen and oxygen atoms in total. The second kappa shape index (κ2) is 6.30. The Balaban J connectivity index is 1.99. The second-order valence-electron chi connectivity index (χ2n) is 4.88. The van der Waals surface area contributed by atoms with Gasteiger partial charge in [0.25, 0.3) is 0 Å². The van der Waals surface area contributed by atoms with Crippen LogP contribution in [0.2, 0.25) is 0 Å². The summed E-state index contributed by atoms with van der Waals surface area (Å²) in [5, 5.41) is 10.4. The van der Waals surface area contributed by atoms with Gasteiger partial charge in [-0.15, -0.1) is 0 Å². The molecule has 1 unspecified atom stereocenters. The number of benzene rings is 2. The molecular formula is C16H15BrO3S. The fourth-order valence-electron chi connectivity index (χ4n) is 2.32. The van der Waals surface area contributed by atoms with Crippen molar-refractivity contribution in [2.75, 3.05) is 6.61 Å². The molecule has 1 aliphatic rings. The highest BCUT2D eigenvalue weighted by Gasteiger charge is 2.26. The van der Waals surface area contributed by atoms with Crippen molar-refractivity contribution >= 4 is 26.7 Å². The fraction of sp³-hybridized carbons (Fsp3) is 0.250. The van der Waals surface area contributed by atoms with E-state index in [1.165, 1.54) is 0 Å². The van der Waals surface area contributed by atoms with Gasteiger partial charge in [-0.3, -0.25) is 0 Å². The lowest BCUT2D eigenvalue weighted by atomic mass is 10.1. The van der Waals surface area contributed by atoms with Crippen LogP contribution in [-0.2, 0) is 10.8 Å². The van der Waals surface area contributed by atoms with Gasteiger partial charge in [-0.1, -0.05) is 34.1 Å². The molecule has 3 atom stereocenters. The number of hydrogen-bond acceptors (Lipinski definition) is 3. The summed E-state index contributed by atoms with van der Waals surface area (Å²) in [4.78, 5) is 1.36. The molecule has 2 aromatic carbocycles. The third-order valence-corrected chi connectivity index (χ3v) is 5.81. The van der Waals surface area contributed by atoms with E-state index in [1.807, 2.05) is 30.3 Å². The van der Waals surface area contributed by atoms with Crippen LogP contribution in [0.15, 0.2) is 58.3 Å². The van der Waals surface area contributed by atoms with Gasteiger partial charge in [0.05, 0.1) is 23.5 Å². The molecule has 5 heteroatoms. The maximum Gasteiger partial charge on any atom is 0.125 e. The molecule has 0 fully saturated rings. The monoisotopic (exact) mass is 366 g/mol. The first-order chi connectivity index (χ1) is 10.2. The predicted octanol–water partition coefficient (Wildman–Crippen LogP) is 3.43. The fourth-order valence-corrected chi connectivity index (χ4v) is 3.89. The van der Waals surface area contributed by atoms with E-state index in [0.717, 1.165) is 11.3 Å². The van der Waals surface area contributed by atoms with Gasteiger partial charge in [0.15, 0.2) is 0 Å². The lowest BCUT2D eigenvalue weighted by Gasteiger charge is -2.15. The third kappa shape index (κ3) is 3.05. The molecule has 0 saturated carbocycles. The number of hydrogen-bond donors (Lipinski definition) is 1. The van der Waals surface area contributed by atoms with Crippen molar-refractivity contribution in [1.82, 2.24) is 0 Å². The van der Waals surface area contributed by atoms with E-state index in [2.05, 4.69) is 15.9 Å². The molecule has 1 heterocycles. The van der Waals surface area contributed by atoms with E-state index >= 15 is 0 Å². The maximum atomic E-state index is 12.6. The summed E-state index contributed by atoms with van der Waals surface area (Å²) in [6.45, 7) is 0.557. The molecule has 0 saturated heterocycles. The number of halogens is 1. The average Bonchev–Trinajstić information content (AvgIpc) is 2.67. The zero-order valence-electron chi connectivity index (χ0n) is 11.2. The van der Waals surface area contributed by atoms with Gasteiger partial charge in [0.2, 0.25) is 0 Å². The molecule has 3 rings (SSSR count). The SMILES string of the molecule is O=S(c1ccccc1)c1ccc2c(c1)[C@H](O)[C@@H](Br)CCO2. The van der Waals surface area contributed by atoms with Crippen LogP contribution in [0.25, 0.3) is 0 Å². The molecule has 0 bridgehead atoms. The lowest BCUT2D eigenvalue weighted by molar-refractivity contribution is 0.176. The third-order valence-electron chi connectivity index (χ3n) is 3.47. The van der Waals surface area contributed by atoms with E-state index in [9.17, 15) is 9.32 Å². The summed E-state index contributed by atoms with van der Waals surface area (Å²) >= 11 is 3.47. The number of rotatable bonds is 2. The number of alkyl halides is 1. The Hall–Kier alpha value is -1.17. The Labute approximate surface area is 134 Å². The van der Waals surface area contributed by atoms with Crippen molar-refractivity contribution in [3.05, 3.63) is 54.1 Å². The van der Waals surface area contributed by atoms with Gasteiger partial charge >= 0.3 is 0 Å². The molecule has 0 spiro atoms. The number of fused-ring (bicyclic) bond motifs is 1. The molecule has 0 aliphatic carbocycles. The molecule has 1 aliphatic heterocycles. The average molecular weight is 367 g/mol. The Kier molecular flexibility index (Phi) is 4.42. The van der Waals surface area contributed by atoms with Crippen LogP contribution in [0.1, 0.15) is 18.1 Å². The van der Waals surface area contributed by atoms with Crippen LogP contribution in [-0.4, -0.2) is 20.7 Å². The van der Waals surface area contributed by atoms with E-state index < -0.39 is 16.9 Å². The van der Waals surface area contributed by atoms with E-state index in [1.54, 1.807) is 18.2 Å². The Morgan fingerprint density at radius 3 is 2.67 bits per heavy atom. The number of ether oxygens (including phenoxy) is 1. The van der Waals surface area contributed by atoms with Crippen LogP contribution >= 0.6 is 15.9 Å². The molecule has 110 valence electrons. The van der Waals surface area contributed by atoms with Gasteiger partial charge in [-0.25, -0.2) is 4.21 Å². The van der Waals surface area contributed by atoms with Crippen LogP contribution in [0.3, 0.4) is 0 Å². The minimum Gasteiger partial charge on any atom is -0.493 e. The standard InChI is InChI=1S/C16H15BrO3S/c17-14-8-9-20-15-7-6-12(10-13(15)16(14)18)21(19)11-4-2-1-3-5-11/h1-7,10,14,16,18H,8-9H2/t14-,16-,21?/m0/s1. The van der Waals surface area contributed by atoms with Crippen LogP contribution in [0.5, 0.6) is 5.75 Å². The van der Waals surface area contributed by atoms with Crippen LogP contribution < -0.4 is 4.74 Å². The van der Waals surface area contributed by atoms with Crippen LogP contribution in [0, 0.1) is 0 Å². The molecule has 21 heavy (non-hydrogen) atoms. The highest BCUT2D eigenvalue weighted by Crippen LogP contribution is 2.36. The second-order valence-corrected chi connectivity index (χ2v) is 7.54. The zero-order chi connectivity index (χ0) is 14.8. The Morgan fingerprint density at radius 2 is 1.90 bits per heavy atom. The van der Waals surface area contributed by atoms with Crippen molar-refractivity contribution in [2.45, 2.75) is 27.1 Å². The number of aliphatic hydroxyl groups excluding tert-OH is 1. The van der Waals surface area contributed by atoms with Crippen molar-refractivity contribution in [3.63, 3.8) is 0 Å². The van der Waals surface area contributed by atoms with Gasteiger partial charge < -0.3 is 9.84 Å². The van der Waals surface area contributed by atoms with Gasteiger partial charge in [-0.2, -0.15) is 0 Å². The summed E-state index contributed by atoms with van der Waals surface area (Å²) in [6, 6.07) is 14.7. The highest BCUT2D eigenvalue weighted by atomic mass is 79.9. The van der Waals surface area contributed by atoms with E-state index in [-0.39, 0.29) is 4.83 Å². The molecule has 2 aromatic rings. The first-order valence-electron chi connectivity index (χ1n) is 6.72. The van der Waals surface area contributed by atoms with E-state index in [4.69, 9.17) is 4.74 Å². The van der Waals surface area contributed by atoms with Gasteiger partial charge in [-0.05, 0) is 36.8 Å². The minimum absolute atomic E-state index is 0.0563. The summed E-state index contributed by atoms with van der Waals surface area (Å²) < 4.78 is 18.2. The summed E-state index contributed by atoms with van der Waals surface area (Å²) in [6.07, 6.45) is 0.0719. The molecule has 0 radical (unpaired) electrons. The Morgan fingerprint density at radius 1 is 1.14 bits per heavy atom. The predicted molar refractivity (Wildman–Crippen MR) is 85.3 cm³/mol. The first kappa shape index (κ1) is 14.8. The van der Waals surface area contributed by atoms with Crippen LogP contribution in [0.4, 0.5) is 0 Å². The van der Waals surface area contributed by atoms with Crippen molar-refractivity contribution in [1.29, 1.82) is 0 Å². The van der Waals surface area contributed by atoms with Gasteiger partial charge in [0, 0.05) is 20.2 Å². The summed E-state index contributed by atoms with van der Waals surface area (Å²) in [5.74, 6) is 0.665. The van der Waals surface area contributed by atoms with Crippen molar-refractivity contribution in [3.8, 4) is 5.75 Å². The van der Waals surface area contributed by atoms with Crippen molar-refractivity contribution in [2.24, 2.45) is 0 Å². The topological polar surface area (TPSA) is 46.5 Å². The molecular weight excluding hydrogens is 352 g/mol. The van der Waals surface area contributed by atoms with Crippen molar-refractivity contribution < 1.29 is 14.1 Å². The molecule has 1 N–H and O–H groups in total. The van der Waals surface area contributed by atoms with E-state index in [0.29, 0.717) is 22.8 Å². The quantitative estimate of drug-likeness (QED) is 0.828. The highest BCUT2D eigenvalue weighted by molar-refractivity contribution is 9.09. The lowest BCUT2D eigenvalue weighted by Crippen LogP contribution is -2.11. The molecule has 0 aromatic heterocycles. The first-order valence-corrected chi connectivity index (χ1v) is 8.79. The summed E-state index contributed by atoms with van der Waals surface area (Å²) in [5.41, 5.74) is 0.691.